The van der Waals surface area contributed by atoms with E-state index in [1.807, 2.05) is 20.8 Å². The molecule has 0 rings (SSSR count). The van der Waals surface area contributed by atoms with Crippen LogP contribution in [0.4, 0.5) is 0 Å². The summed E-state index contributed by atoms with van der Waals surface area (Å²) in [5, 5.41) is 20.4. The average molecular weight is 362 g/mol. The number of hydrogen-bond acceptors (Lipinski definition) is 7. The molecule has 0 aliphatic rings. The highest BCUT2D eigenvalue weighted by Gasteiger charge is 2.45. The van der Waals surface area contributed by atoms with Crippen molar-refractivity contribution in [2.45, 2.75) is 79.2 Å². The van der Waals surface area contributed by atoms with Crippen LogP contribution >= 0.6 is 0 Å². The van der Waals surface area contributed by atoms with Crippen molar-refractivity contribution in [1.82, 2.24) is 0 Å². The highest BCUT2D eigenvalue weighted by Crippen LogP contribution is 2.28. The van der Waals surface area contributed by atoms with E-state index in [-0.39, 0.29) is 0 Å². The molecule has 2 N–H and O–H groups in total. The molecule has 0 saturated carbocycles. The lowest BCUT2D eigenvalue weighted by Crippen LogP contribution is -2.50. The van der Waals surface area contributed by atoms with Gasteiger partial charge in [-0.15, -0.1) is 0 Å². The average Bonchev–Trinajstić information content (AvgIpc) is 2.54. The lowest BCUT2D eigenvalue weighted by atomic mass is 10.2. The minimum atomic E-state index is -2.79. The molecule has 25 heavy (non-hydrogen) atoms. The van der Waals surface area contributed by atoms with Crippen LogP contribution < -0.4 is 0 Å². The first-order valence-corrected chi connectivity index (χ1v) is 8.87. The van der Waals surface area contributed by atoms with Crippen LogP contribution in [-0.2, 0) is 23.7 Å². The van der Waals surface area contributed by atoms with Gasteiger partial charge in [0.05, 0.1) is 19.8 Å². The fraction of sp³-hybridized carbons (Fsp3) is 0.833. The van der Waals surface area contributed by atoms with Gasteiger partial charge in [0.15, 0.2) is 0 Å². The third-order valence-electron chi connectivity index (χ3n) is 3.34. The summed E-state index contributed by atoms with van der Waals surface area (Å²) < 4.78 is 21.8. The Balaban J connectivity index is 5.32. The molecule has 0 fully saturated rings. The number of carbonyl (C=O) groups is 1. The van der Waals surface area contributed by atoms with Gasteiger partial charge in [0, 0.05) is 5.57 Å². The number of rotatable bonds is 13. The van der Waals surface area contributed by atoms with Crippen LogP contribution in [0.25, 0.3) is 0 Å². The molecule has 0 aromatic carbocycles. The molecule has 0 spiro atoms. The van der Waals surface area contributed by atoms with E-state index in [2.05, 4.69) is 0 Å². The molecule has 7 nitrogen and oxygen atoms in total. The van der Waals surface area contributed by atoms with Gasteiger partial charge in [-0.3, -0.25) is 0 Å². The number of hydrogen-bond donors (Lipinski definition) is 2. The van der Waals surface area contributed by atoms with Crippen molar-refractivity contribution >= 4 is 5.97 Å². The molecule has 0 aromatic heterocycles. The zero-order valence-corrected chi connectivity index (χ0v) is 16.4. The largest absolute Gasteiger partial charge is 0.404 e. The number of carbonyl (C=O) groups excluding carboxylic acids is 1. The first-order valence-electron chi connectivity index (χ1n) is 8.87. The van der Waals surface area contributed by atoms with E-state index in [0.717, 1.165) is 5.57 Å². The molecule has 0 atom stereocenters. The minimum absolute atomic E-state index is 0.296. The van der Waals surface area contributed by atoms with E-state index in [4.69, 9.17) is 18.9 Å². The Labute approximate surface area is 150 Å². The maximum Gasteiger partial charge on any atom is 0.337 e. The minimum Gasteiger partial charge on any atom is -0.404 e. The second kappa shape index (κ2) is 11.6. The Kier molecular flexibility index (Phi) is 11.1. The third-order valence-corrected chi connectivity index (χ3v) is 3.34. The lowest BCUT2D eigenvalue weighted by molar-refractivity contribution is -0.435. The van der Waals surface area contributed by atoms with Gasteiger partial charge in [-0.1, -0.05) is 26.3 Å². The third kappa shape index (κ3) is 9.32. The maximum atomic E-state index is 12.0. The summed E-state index contributed by atoms with van der Waals surface area (Å²) in [5.41, 5.74) is 1.02. The van der Waals surface area contributed by atoms with Gasteiger partial charge < -0.3 is 29.2 Å². The van der Waals surface area contributed by atoms with Crippen LogP contribution in [0.5, 0.6) is 0 Å². The molecule has 0 saturated heterocycles. The molecule has 148 valence electrons. The summed E-state index contributed by atoms with van der Waals surface area (Å²) in [6.45, 7) is 11.6. The normalized spacial score (nSPS) is 12.2. The molecule has 0 amide bonds. The van der Waals surface area contributed by atoms with Crippen molar-refractivity contribution in [1.29, 1.82) is 0 Å². The molecular formula is C18H34O7. The fourth-order valence-electron chi connectivity index (χ4n) is 1.80. The summed E-state index contributed by atoms with van der Waals surface area (Å²) in [7, 11) is 0. The van der Waals surface area contributed by atoms with E-state index in [0.29, 0.717) is 44.7 Å². The number of esters is 1. The Morgan fingerprint density at radius 2 is 1.24 bits per heavy atom. The zero-order valence-electron chi connectivity index (χ0n) is 16.4. The Bertz CT molecular complexity index is 403. The Hall–Kier alpha value is -0.990. The molecule has 0 radical (unpaired) electrons. The van der Waals surface area contributed by atoms with Crippen molar-refractivity contribution in [3.8, 4) is 0 Å². The van der Waals surface area contributed by atoms with Gasteiger partial charge in [-0.2, -0.15) is 0 Å². The van der Waals surface area contributed by atoms with Gasteiger partial charge in [0.1, 0.15) is 6.42 Å². The van der Waals surface area contributed by atoms with Gasteiger partial charge in [0.25, 0.3) is 5.97 Å². The van der Waals surface area contributed by atoms with Gasteiger partial charge >= 0.3 is 11.9 Å². The zero-order chi connectivity index (χ0) is 19.5. The summed E-state index contributed by atoms with van der Waals surface area (Å²) in [4.78, 5) is 12.0. The summed E-state index contributed by atoms with van der Waals surface area (Å²) in [6.07, 6.45) is 1.48. The van der Waals surface area contributed by atoms with Crippen LogP contribution in [0.2, 0.25) is 0 Å². The predicted octanol–water partition coefficient (Wildman–Crippen LogP) is 2.85. The van der Waals surface area contributed by atoms with Gasteiger partial charge in [-0.25, -0.2) is 4.79 Å². The SMILES string of the molecule is CCCOC(CC(O)(O)OC(=O)C(C)=C(C)C)(OCCC)OCCC. The van der Waals surface area contributed by atoms with Crippen molar-refractivity contribution in [2.24, 2.45) is 0 Å². The molecule has 7 heteroatoms. The second-order valence-corrected chi connectivity index (χ2v) is 6.16. The van der Waals surface area contributed by atoms with E-state index in [1.54, 1.807) is 20.8 Å². The summed E-state index contributed by atoms with van der Waals surface area (Å²) >= 11 is 0. The van der Waals surface area contributed by atoms with Gasteiger partial charge in [-0.05, 0) is 40.0 Å². The molecule has 0 aromatic rings. The second-order valence-electron chi connectivity index (χ2n) is 6.16. The van der Waals surface area contributed by atoms with E-state index in [9.17, 15) is 15.0 Å². The maximum absolute atomic E-state index is 12.0. The Morgan fingerprint density at radius 1 is 0.840 bits per heavy atom. The van der Waals surface area contributed by atoms with Crippen molar-refractivity contribution < 1.29 is 34.0 Å². The topological polar surface area (TPSA) is 94.5 Å². The number of ether oxygens (including phenoxy) is 4. The van der Waals surface area contributed by atoms with Crippen LogP contribution in [0.3, 0.4) is 0 Å². The number of allylic oxidation sites excluding steroid dienone is 1. The lowest BCUT2D eigenvalue weighted by Gasteiger charge is -2.36. The first kappa shape index (κ1) is 24.0. The van der Waals surface area contributed by atoms with Crippen molar-refractivity contribution in [3.63, 3.8) is 0 Å². The van der Waals surface area contributed by atoms with Crippen LogP contribution in [0.1, 0.15) is 67.2 Å². The summed E-state index contributed by atoms with van der Waals surface area (Å²) in [6, 6.07) is 0. The fourth-order valence-corrected chi connectivity index (χ4v) is 1.80. The molecular weight excluding hydrogens is 328 g/mol. The van der Waals surface area contributed by atoms with Crippen LogP contribution in [0, 0.1) is 0 Å². The standard InChI is InChI=1S/C18H34O7/c1-7-10-22-18(23-11-8-2,24-12-9-3)13-17(20,21)25-16(19)15(6)14(4)5/h20-21H,7-13H2,1-6H3. The molecule has 0 unspecified atom stereocenters. The molecule has 0 aliphatic carbocycles. The van der Waals surface area contributed by atoms with Crippen LogP contribution in [-0.4, -0.2) is 47.9 Å². The molecule has 0 bridgehead atoms. The quantitative estimate of drug-likeness (QED) is 0.295. The smallest absolute Gasteiger partial charge is 0.337 e. The summed E-state index contributed by atoms with van der Waals surface area (Å²) in [5.74, 6) is -5.30. The Morgan fingerprint density at radius 3 is 1.56 bits per heavy atom. The highest BCUT2D eigenvalue weighted by atomic mass is 16.9. The van der Waals surface area contributed by atoms with Crippen molar-refractivity contribution in [3.05, 3.63) is 11.1 Å². The van der Waals surface area contributed by atoms with Crippen molar-refractivity contribution in [2.75, 3.05) is 19.8 Å². The van der Waals surface area contributed by atoms with E-state index >= 15 is 0 Å². The van der Waals surface area contributed by atoms with Gasteiger partial charge in [0.2, 0.25) is 0 Å². The van der Waals surface area contributed by atoms with E-state index < -0.39 is 24.3 Å². The predicted molar refractivity (Wildman–Crippen MR) is 93.4 cm³/mol. The monoisotopic (exact) mass is 362 g/mol. The molecule has 0 heterocycles. The number of aliphatic hydroxyl groups is 2. The van der Waals surface area contributed by atoms with E-state index in [1.165, 1.54) is 0 Å². The molecule has 0 aliphatic heterocycles. The highest BCUT2D eigenvalue weighted by molar-refractivity contribution is 5.88. The van der Waals surface area contributed by atoms with Crippen LogP contribution in [0.15, 0.2) is 11.1 Å². The first-order chi connectivity index (χ1) is 11.6.